The number of nitrogens with one attached hydrogen (secondary N) is 1. The predicted molar refractivity (Wildman–Crippen MR) is 123 cm³/mol. The molecule has 0 aromatic carbocycles. The topological polar surface area (TPSA) is 85.8 Å². The SMILES string of the molecule is CCCN(C)c1nc([C@]2(CC(=O)O)CCCNC2)ccc1C(=O)N(C)C1CCCCC1. The highest BCUT2D eigenvalue weighted by Crippen LogP contribution is 2.36. The number of nitrogens with zero attached hydrogens (tertiary/aromatic N) is 3. The number of aromatic nitrogens is 1. The summed E-state index contributed by atoms with van der Waals surface area (Å²) in [6, 6.07) is 4.05. The van der Waals surface area contributed by atoms with Crippen LogP contribution in [-0.4, -0.2) is 66.6 Å². The van der Waals surface area contributed by atoms with E-state index in [1.807, 2.05) is 36.0 Å². The minimum Gasteiger partial charge on any atom is -0.481 e. The quantitative estimate of drug-likeness (QED) is 0.657. The number of anilines is 1. The van der Waals surface area contributed by atoms with Crippen LogP contribution in [0, 0.1) is 0 Å². The summed E-state index contributed by atoms with van der Waals surface area (Å²) in [7, 11) is 3.88. The molecule has 2 aliphatic rings. The summed E-state index contributed by atoms with van der Waals surface area (Å²) in [5.74, 6) is -0.133. The molecule has 7 nitrogen and oxygen atoms in total. The van der Waals surface area contributed by atoms with E-state index in [0.29, 0.717) is 17.9 Å². The zero-order valence-electron chi connectivity index (χ0n) is 19.3. The molecular weight excluding hydrogens is 392 g/mol. The van der Waals surface area contributed by atoms with E-state index in [0.717, 1.165) is 50.9 Å². The van der Waals surface area contributed by atoms with Crippen LogP contribution in [0.2, 0.25) is 0 Å². The molecule has 1 amide bonds. The molecule has 0 unspecified atom stereocenters. The second-order valence-electron chi connectivity index (χ2n) is 9.33. The summed E-state index contributed by atoms with van der Waals surface area (Å²) in [6.07, 6.45) is 8.39. The number of piperidine rings is 1. The van der Waals surface area contributed by atoms with Crippen LogP contribution >= 0.6 is 0 Å². The first-order valence-electron chi connectivity index (χ1n) is 11.8. The molecule has 1 saturated carbocycles. The lowest BCUT2D eigenvalue weighted by molar-refractivity contribution is -0.138. The summed E-state index contributed by atoms with van der Waals surface area (Å²) in [6.45, 7) is 4.38. The molecular formula is C24H38N4O3. The summed E-state index contributed by atoms with van der Waals surface area (Å²) >= 11 is 0. The Morgan fingerprint density at radius 1 is 1.19 bits per heavy atom. The van der Waals surface area contributed by atoms with Gasteiger partial charge in [0.1, 0.15) is 5.82 Å². The van der Waals surface area contributed by atoms with E-state index in [-0.39, 0.29) is 18.4 Å². The Hall–Kier alpha value is -2.15. The molecule has 1 aromatic rings. The highest BCUT2D eigenvalue weighted by atomic mass is 16.4. The van der Waals surface area contributed by atoms with Crippen LogP contribution in [-0.2, 0) is 10.2 Å². The molecule has 2 heterocycles. The number of carbonyl (C=O) groups is 2. The molecule has 31 heavy (non-hydrogen) atoms. The third kappa shape index (κ3) is 5.37. The maximum atomic E-state index is 13.5. The van der Waals surface area contributed by atoms with Gasteiger partial charge in [-0.05, 0) is 50.8 Å². The number of carbonyl (C=O) groups excluding carboxylic acids is 1. The first-order chi connectivity index (χ1) is 14.9. The third-order valence-electron chi connectivity index (χ3n) is 6.97. The minimum atomic E-state index is -0.814. The van der Waals surface area contributed by atoms with Crippen LogP contribution in [0.3, 0.4) is 0 Å². The van der Waals surface area contributed by atoms with Crippen molar-refractivity contribution >= 4 is 17.7 Å². The van der Waals surface area contributed by atoms with Crippen LogP contribution in [0.15, 0.2) is 12.1 Å². The van der Waals surface area contributed by atoms with Gasteiger partial charge in [0, 0.05) is 38.6 Å². The molecule has 0 spiro atoms. The van der Waals surface area contributed by atoms with Crippen molar-refractivity contribution in [2.45, 2.75) is 76.2 Å². The fraction of sp³-hybridized carbons (Fsp3) is 0.708. The first kappa shape index (κ1) is 23.5. The number of pyridine rings is 1. The Morgan fingerprint density at radius 3 is 2.55 bits per heavy atom. The maximum absolute atomic E-state index is 13.5. The van der Waals surface area contributed by atoms with E-state index in [2.05, 4.69) is 12.2 Å². The van der Waals surface area contributed by atoms with E-state index in [1.54, 1.807) is 0 Å². The number of aliphatic carboxylic acids is 1. The molecule has 0 radical (unpaired) electrons. The molecule has 1 aliphatic heterocycles. The van der Waals surface area contributed by atoms with Crippen molar-refractivity contribution < 1.29 is 14.7 Å². The van der Waals surface area contributed by atoms with Gasteiger partial charge in [0.2, 0.25) is 0 Å². The normalized spacial score (nSPS) is 22.2. The Labute approximate surface area is 186 Å². The average molecular weight is 431 g/mol. The Bertz CT molecular complexity index is 770. The minimum absolute atomic E-state index is 0.0120. The van der Waals surface area contributed by atoms with Crippen LogP contribution < -0.4 is 10.2 Å². The monoisotopic (exact) mass is 430 g/mol. The number of carboxylic acids is 1. The second kappa shape index (κ2) is 10.4. The van der Waals surface area contributed by atoms with Gasteiger partial charge in [-0.1, -0.05) is 26.2 Å². The zero-order valence-corrected chi connectivity index (χ0v) is 19.3. The van der Waals surface area contributed by atoms with Crippen LogP contribution in [0.1, 0.15) is 80.8 Å². The molecule has 1 aromatic heterocycles. The Balaban J connectivity index is 1.98. The number of hydrogen-bond donors (Lipinski definition) is 2. The Morgan fingerprint density at radius 2 is 1.94 bits per heavy atom. The van der Waals surface area contributed by atoms with Gasteiger partial charge in [-0.2, -0.15) is 0 Å². The van der Waals surface area contributed by atoms with E-state index in [9.17, 15) is 14.7 Å². The zero-order chi connectivity index (χ0) is 22.4. The predicted octanol–water partition coefficient (Wildman–Crippen LogP) is 3.43. The third-order valence-corrected chi connectivity index (χ3v) is 6.97. The number of carboxylic acid groups (broad SMARTS) is 1. The molecule has 0 bridgehead atoms. The highest BCUT2D eigenvalue weighted by Gasteiger charge is 2.38. The lowest BCUT2D eigenvalue weighted by Gasteiger charge is -2.37. The molecule has 1 atom stereocenters. The van der Waals surface area contributed by atoms with E-state index >= 15 is 0 Å². The molecule has 1 aliphatic carbocycles. The number of amides is 1. The van der Waals surface area contributed by atoms with Gasteiger partial charge < -0.3 is 20.2 Å². The standard InChI is InChI=1S/C24H38N4O3/c1-4-15-27(2)22-19(23(31)28(3)18-9-6-5-7-10-18)11-12-20(26-22)24(16-21(29)30)13-8-14-25-17-24/h11-12,18,25H,4-10,13-17H2,1-3H3,(H,29,30)/t24-/m0/s1. The molecule has 2 N–H and O–H groups in total. The maximum Gasteiger partial charge on any atom is 0.304 e. The number of rotatable bonds is 8. The molecule has 1 saturated heterocycles. The summed E-state index contributed by atoms with van der Waals surface area (Å²) < 4.78 is 0. The number of hydrogen-bond acceptors (Lipinski definition) is 5. The van der Waals surface area contributed by atoms with E-state index in [1.165, 1.54) is 19.3 Å². The van der Waals surface area contributed by atoms with Gasteiger partial charge in [0.25, 0.3) is 5.91 Å². The summed E-state index contributed by atoms with van der Waals surface area (Å²) in [5, 5.41) is 12.9. The van der Waals surface area contributed by atoms with E-state index < -0.39 is 11.4 Å². The van der Waals surface area contributed by atoms with Crippen molar-refractivity contribution in [1.29, 1.82) is 0 Å². The largest absolute Gasteiger partial charge is 0.481 e. The van der Waals surface area contributed by atoms with Crippen molar-refractivity contribution in [3.63, 3.8) is 0 Å². The molecule has 172 valence electrons. The van der Waals surface area contributed by atoms with Crippen molar-refractivity contribution in [1.82, 2.24) is 15.2 Å². The first-order valence-corrected chi connectivity index (χ1v) is 11.8. The molecule has 3 rings (SSSR count). The van der Waals surface area contributed by atoms with Crippen LogP contribution in [0.25, 0.3) is 0 Å². The average Bonchev–Trinajstić information content (AvgIpc) is 2.78. The fourth-order valence-electron chi connectivity index (χ4n) is 5.18. The van der Waals surface area contributed by atoms with Gasteiger partial charge in [0.05, 0.1) is 17.7 Å². The molecule has 2 fully saturated rings. The summed E-state index contributed by atoms with van der Waals surface area (Å²) in [4.78, 5) is 34.1. The van der Waals surface area contributed by atoms with Gasteiger partial charge in [-0.25, -0.2) is 4.98 Å². The Kier molecular flexibility index (Phi) is 7.92. The lowest BCUT2D eigenvalue weighted by atomic mass is 9.74. The van der Waals surface area contributed by atoms with Gasteiger partial charge in [-0.15, -0.1) is 0 Å². The summed E-state index contributed by atoms with van der Waals surface area (Å²) in [5.41, 5.74) is 0.849. The van der Waals surface area contributed by atoms with Gasteiger partial charge >= 0.3 is 5.97 Å². The van der Waals surface area contributed by atoms with E-state index in [4.69, 9.17) is 4.98 Å². The molecule has 7 heteroatoms. The fourth-order valence-corrected chi connectivity index (χ4v) is 5.18. The van der Waals surface area contributed by atoms with Crippen molar-refractivity contribution in [3.8, 4) is 0 Å². The van der Waals surface area contributed by atoms with Gasteiger partial charge in [0.15, 0.2) is 0 Å². The van der Waals surface area contributed by atoms with Crippen LogP contribution in [0.5, 0.6) is 0 Å². The smallest absolute Gasteiger partial charge is 0.304 e. The highest BCUT2D eigenvalue weighted by molar-refractivity contribution is 5.99. The van der Waals surface area contributed by atoms with Crippen molar-refractivity contribution in [2.24, 2.45) is 0 Å². The second-order valence-corrected chi connectivity index (χ2v) is 9.33. The van der Waals surface area contributed by atoms with Crippen molar-refractivity contribution in [2.75, 3.05) is 38.6 Å². The lowest BCUT2D eigenvalue weighted by Crippen LogP contribution is -2.45. The van der Waals surface area contributed by atoms with Crippen LogP contribution in [0.4, 0.5) is 5.82 Å². The van der Waals surface area contributed by atoms with Crippen molar-refractivity contribution in [3.05, 3.63) is 23.4 Å². The van der Waals surface area contributed by atoms with Gasteiger partial charge in [-0.3, -0.25) is 9.59 Å².